The molecule has 1 atom stereocenters. The number of carbonyl (C=O) groups excluding carboxylic acids is 1. The van der Waals surface area contributed by atoms with Crippen LogP contribution in [0.15, 0.2) is 48.5 Å². The summed E-state index contributed by atoms with van der Waals surface area (Å²) < 4.78 is 5.42. The van der Waals surface area contributed by atoms with Gasteiger partial charge in [-0.15, -0.1) is 0 Å². The Labute approximate surface area is 156 Å². The summed E-state index contributed by atoms with van der Waals surface area (Å²) in [5.41, 5.74) is 1.97. The Hall–Kier alpha value is -2.33. The van der Waals surface area contributed by atoms with E-state index in [0.29, 0.717) is 12.0 Å². The fourth-order valence-electron chi connectivity index (χ4n) is 2.91. The third-order valence-electron chi connectivity index (χ3n) is 4.69. The Balaban J connectivity index is 2.17. The Morgan fingerprint density at radius 2 is 1.88 bits per heavy atom. The van der Waals surface area contributed by atoms with Crippen LogP contribution in [0.1, 0.15) is 54.7 Å². The Morgan fingerprint density at radius 3 is 2.54 bits per heavy atom. The first-order valence-electron chi connectivity index (χ1n) is 8.94. The van der Waals surface area contributed by atoms with Gasteiger partial charge in [0.15, 0.2) is 0 Å². The van der Waals surface area contributed by atoms with Crippen molar-refractivity contribution in [1.29, 1.82) is 0 Å². The topological polar surface area (TPSA) is 49.8 Å². The molecule has 2 aromatic carbocycles. The molecule has 0 bridgehead atoms. The molecule has 0 aromatic heterocycles. The molecule has 0 spiro atoms. The average Bonchev–Trinajstić information content (AvgIpc) is 2.64. The van der Waals surface area contributed by atoms with Gasteiger partial charge in [-0.05, 0) is 57.4 Å². The lowest BCUT2D eigenvalue weighted by Crippen LogP contribution is -2.30. The van der Waals surface area contributed by atoms with Gasteiger partial charge in [-0.1, -0.05) is 30.3 Å². The highest BCUT2D eigenvalue weighted by atomic mass is 16.5. The van der Waals surface area contributed by atoms with E-state index in [0.717, 1.165) is 23.3 Å². The van der Waals surface area contributed by atoms with Gasteiger partial charge >= 0.3 is 0 Å². The van der Waals surface area contributed by atoms with Gasteiger partial charge in [-0.3, -0.25) is 4.79 Å². The summed E-state index contributed by atoms with van der Waals surface area (Å²) in [5, 5.41) is 9.91. The first-order valence-corrected chi connectivity index (χ1v) is 8.94. The molecule has 0 aliphatic heterocycles. The number of rotatable bonds is 7. The smallest absolute Gasteiger partial charge is 0.254 e. The fourth-order valence-corrected chi connectivity index (χ4v) is 2.91. The lowest BCUT2D eigenvalue weighted by molar-refractivity contribution is 0.0714. The van der Waals surface area contributed by atoms with Crippen LogP contribution >= 0.6 is 0 Å². The summed E-state index contributed by atoms with van der Waals surface area (Å²) in [6, 6.07) is 15.3. The molecule has 4 heteroatoms. The molecule has 140 valence electrons. The molecule has 0 saturated carbocycles. The monoisotopic (exact) mass is 355 g/mol. The molecule has 4 nitrogen and oxygen atoms in total. The zero-order valence-corrected chi connectivity index (χ0v) is 16.3. The molecule has 2 aromatic rings. The summed E-state index contributed by atoms with van der Waals surface area (Å²) in [7, 11) is 3.45. The van der Waals surface area contributed by atoms with Crippen molar-refractivity contribution < 1.29 is 14.6 Å². The van der Waals surface area contributed by atoms with Crippen molar-refractivity contribution >= 4 is 5.91 Å². The lowest BCUT2D eigenvalue weighted by Gasteiger charge is -2.27. The minimum atomic E-state index is -0.713. The van der Waals surface area contributed by atoms with Crippen molar-refractivity contribution in [3.05, 3.63) is 65.2 Å². The molecular weight excluding hydrogens is 326 g/mol. The van der Waals surface area contributed by atoms with Crippen LogP contribution in [-0.2, 0) is 6.42 Å². The van der Waals surface area contributed by atoms with Gasteiger partial charge in [0.1, 0.15) is 5.75 Å². The van der Waals surface area contributed by atoms with Crippen molar-refractivity contribution in [3.63, 3.8) is 0 Å². The number of ether oxygens (including phenoxy) is 1. The minimum Gasteiger partial charge on any atom is -0.496 e. The van der Waals surface area contributed by atoms with E-state index >= 15 is 0 Å². The van der Waals surface area contributed by atoms with Crippen LogP contribution in [-0.4, -0.2) is 35.7 Å². The minimum absolute atomic E-state index is 0.0338. The quantitative estimate of drug-likeness (QED) is 0.808. The first kappa shape index (κ1) is 20.0. The molecule has 0 saturated heterocycles. The zero-order valence-electron chi connectivity index (χ0n) is 16.3. The number of carbonyl (C=O) groups is 1. The van der Waals surface area contributed by atoms with Crippen molar-refractivity contribution in [2.24, 2.45) is 0 Å². The predicted octanol–water partition coefficient (Wildman–Crippen LogP) is 4.23. The van der Waals surface area contributed by atoms with Crippen LogP contribution in [0.2, 0.25) is 0 Å². The highest BCUT2D eigenvalue weighted by Crippen LogP contribution is 2.29. The van der Waals surface area contributed by atoms with E-state index in [1.807, 2.05) is 62.5 Å². The van der Waals surface area contributed by atoms with Crippen LogP contribution in [0.4, 0.5) is 0 Å². The van der Waals surface area contributed by atoms with E-state index in [4.69, 9.17) is 4.74 Å². The Bertz CT molecular complexity index is 749. The number of amides is 1. The number of benzene rings is 2. The van der Waals surface area contributed by atoms with Crippen LogP contribution in [0.3, 0.4) is 0 Å². The van der Waals surface area contributed by atoms with Crippen molar-refractivity contribution in [3.8, 4) is 5.75 Å². The van der Waals surface area contributed by atoms with Crippen LogP contribution in [0, 0.1) is 0 Å². The number of hydrogen-bond acceptors (Lipinski definition) is 3. The lowest BCUT2D eigenvalue weighted by atomic mass is 9.97. The summed E-state index contributed by atoms with van der Waals surface area (Å²) in [4.78, 5) is 14.7. The number of hydrogen-bond donors (Lipinski definition) is 1. The van der Waals surface area contributed by atoms with Crippen LogP contribution < -0.4 is 4.74 Å². The van der Waals surface area contributed by atoms with E-state index < -0.39 is 5.60 Å². The molecule has 0 aliphatic rings. The van der Waals surface area contributed by atoms with Crippen LogP contribution in [0.25, 0.3) is 0 Å². The molecule has 1 amide bonds. The number of aliphatic hydroxyl groups is 1. The van der Waals surface area contributed by atoms with Gasteiger partial charge in [0, 0.05) is 18.2 Å². The third-order valence-corrected chi connectivity index (χ3v) is 4.69. The van der Waals surface area contributed by atoms with Gasteiger partial charge < -0.3 is 14.7 Å². The Kier molecular flexibility index (Phi) is 6.43. The standard InChI is InChI=1S/C22H29NO3/c1-16(19-11-6-7-12-20(19)26-5)23(4)21(24)18-10-8-9-17(15-18)13-14-22(2,3)25/h6-12,15-16,25H,13-14H2,1-5H3. The highest BCUT2D eigenvalue weighted by molar-refractivity contribution is 5.94. The third kappa shape index (κ3) is 5.09. The first-order chi connectivity index (χ1) is 12.2. The molecule has 1 unspecified atom stereocenters. The van der Waals surface area contributed by atoms with E-state index in [2.05, 4.69) is 0 Å². The fraction of sp³-hybridized carbons (Fsp3) is 0.409. The second-order valence-electron chi connectivity index (χ2n) is 7.35. The van der Waals surface area contributed by atoms with Gasteiger partial charge in [-0.2, -0.15) is 0 Å². The summed E-state index contributed by atoms with van der Waals surface area (Å²) in [6.07, 6.45) is 1.38. The largest absolute Gasteiger partial charge is 0.496 e. The molecule has 0 radical (unpaired) electrons. The van der Waals surface area contributed by atoms with E-state index in [1.165, 1.54) is 0 Å². The second kappa shape index (κ2) is 8.37. The number of nitrogens with zero attached hydrogens (tertiary/aromatic N) is 1. The maximum absolute atomic E-state index is 12.9. The molecule has 0 heterocycles. The van der Waals surface area contributed by atoms with Gasteiger partial charge in [0.2, 0.25) is 0 Å². The average molecular weight is 355 g/mol. The molecular formula is C22H29NO3. The summed E-state index contributed by atoms with van der Waals surface area (Å²) >= 11 is 0. The van der Waals surface area contributed by atoms with Gasteiger partial charge in [0.05, 0.1) is 18.8 Å². The summed E-state index contributed by atoms with van der Waals surface area (Å²) in [6.45, 7) is 5.59. The predicted molar refractivity (Wildman–Crippen MR) is 105 cm³/mol. The molecule has 0 fully saturated rings. The van der Waals surface area contributed by atoms with Crippen molar-refractivity contribution in [2.75, 3.05) is 14.2 Å². The number of para-hydroxylation sites is 1. The van der Waals surface area contributed by atoms with Crippen LogP contribution in [0.5, 0.6) is 5.75 Å². The molecule has 2 rings (SSSR count). The maximum atomic E-state index is 12.9. The highest BCUT2D eigenvalue weighted by Gasteiger charge is 2.21. The normalized spacial score (nSPS) is 12.5. The Morgan fingerprint density at radius 1 is 1.19 bits per heavy atom. The SMILES string of the molecule is COc1ccccc1C(C)N(C)C(=O)c1cccc(CCC(C)(C)O)c1. The van der Waals surface area contributed by atoms with E-state index in [-0.39, 0.29) is 11.9 Å². The second-order valence-corrected chi connectivity index (χ2v) is 7.35. The number of methoxy groups -OCH3 is 1. The molecule has 0 aliphatic carbocycles. The van der Waals surface area contributed by atoms with E-state index in [9.17, 15) is 9.90 Å². The molecule has 26 heavy (non-hydrogen) atoms. The van der Waals surface area contributed by atoms with E-state index in [1.54, 1.807) is 25.9 Å². The molecule has 1 N–H and O–H groups in total. The van der Waals surface area contributed by atoms with Crippen molar-refractivity contribution in [2.45, 2.75) is 45.3 Å². The number of aryl methyl sites for hydroxylation is 1. The summed E-state index contributed by atoms with van der Waals surface area (Å²) in [5.74, 6) is 0.743. The zero-order chi connectivity index (χ0) is 19.3. The van der Waals surface area contributed by atoms with Crippen molar-refractivity contribution in [1.82, 2.24) is 4.90 Å². The van der Waals surface area contributed by atoms with Gasteiger partial charge in [-0.25, -0.2) is 0 Å². The maximum Gasteiger partial charge on any atom is 0.254 e. The van der Waals surface area contributed by atoms with Gasteiger partial charge in [0.25, 0.3) is 5.91 Å².